The molecule has 3 rings (SSSR count). The van der Waals surface area contributed by atoms with Crippen LogP contribution in [-0.2, 0) is 0 Å². The monoisotopic (exact) mass is 365 g/mol. The minimum Gasteiger partial charge on any atom is -0.382 e. The Balaban J connectivity index is 2.31. The Morgan fingerprint density at radius 3 is 2.57 bits per heavy atom. The van der Waals surface area contributed by atoms with Gasteiger partial charge in [0.2, 0.25) is 0 Å². The maximum Gasteiger partial charge on any atom is 0.153 e. The quantitative estimate of drug-likeness (QED) is 0.679. The van der Waals surface area contributed by atoms with Crippen molar-refractivity contribution in [3.8, 4) is 22.4 Å². The van der Waals surface area contributed by atoms with Crippen molar-refractivity contribution in [1.82, 2.24) is 10.2 Å². The van der Waals surface area contributed by atoms with Gasteiger partial charge in [0.25, 0.3) is 0 Å². The largest absolute Gasteiger partial charge is 0.382 e. The Hall–Kier alpha value is -1.85. The fourth-order valence-corrected chi connectivity index (χ4v) is 2.98. The third kappa shape index (κ3) is 2.43. The van der Waals surface area contributed by atoms with Gasteiger partial charge in [0.05, 0.1) is 16.8 Å². The first kappa shape index (κ1) is 14.1. The molecule has 0 aliphatic heterocycles. The van der Waals surface area contributed by atoms with E-state index in [2.05, 4.69) is 26.1 Å². The lowest BCUT2D eigenvalue weighted by atomic mass is 10.0. The number of nitrogen functional groups attached to an aromatic ring is 1. The number of nitrogens with zero attached hydrogens (tertiary/aromatic N) is 1. The Bertz CT molecular complexity index is 796. The van der Waals surface area contributed by atoms with Crippen LogP contribution in [0.4, 0.5) is 10.2 Å². The van der Waals surface area contributed by atoms with Crippen LogP contribution >= 0.6 is 27.5 Å². The molecular weight excluding hydrogens is 357 g/mol. The molecule has 106 valence electrons. The molecule has 1 aromatic heterocycles. The van der Waals surface area contributed by atoms with Crippen LogP contribution in [0, 0.1) is 5.82 Å². The fourth-order valence-electron chi connectivity index (χ4n) is 2.21. The van der Waals surface area contributed by atoms with Gasteiger partial charge in [-0.3, -0.25) is 5.10 Å². The normalized spacial score (nSPS) is 10.8. The van der Waals surface area contributed by atoms with Gasteiger partial charge in [0.15, 0.2) is 5.82 Å². The van der Waals surface area contributed by atoms with Crippen LogP contribution in [0.5, 0.6) is 0 Å². The number of aromatic amines is 1. The van der Waals surface area contributed by atoms with Crippen molar-refractivity contribution < 1.29 is 4.39 Å². The van der Waals surface area contributed by atoms with E-state index in [4.69, 9.17) is 17.3 Å². The summed E-state index contributed by atoms with van der Waals surface area (Å²) in [4.78, 5) is 0. The van der Waals surface area contributed by atoms with Gasteiger partial charge in [-0.25, -0.2) is 4.39 Å². The summed E-state index contributed by atoms with van der Waals surface area (Å²) in [7, 11) is 0. The second kappa shape index (κ2) is 5.50. The van der Waals surface area contributed by atoms with Crippen molar-refractivity contribution in [3.63, 3.8) is 0 Å². The summed E-state index contributed by atoms with van der Waals surface area (Å²) in [6.45, 7) is 0. The van der Waals surface area contributed by atoms with Gasteiger partial charge in [0, 0.05) is 15.1 Å². The van der Waals surface area contributed by atoms with Gasteiger partial charge < -0.3 is 5.73 Å². The summed E-state index contributed by atoms with van der Waals surface area (Å²) in [5.41, 5.74) is 8.10. The van der Waals surface area contributed by atoms with Crippen molar-refractivity contribution >= 4 is 33.3 Å². The van der Waals surface area contributed by atoms with Gasteiger partial charge in [-0.05, 0) is 34.1 Å². The first-order valence-electron chi connectivity index (χ1n) is 6.12. The minimum absolute atomic E-state index is 0.272. The molecule has 0 saturated carbocycles. The average Bonchev–Trinajstić information content (AvgIpc) is 2.81. The molecular formula is C15H10BrClFN3. The van der Waals surface area contributed by atoms with Crippen LogP contribution in [0.2, 0.25) is 5.02 Å². The average molecular weight is 367 g/mol. The summed E-state index contributed by atoms with van der Waals surface area (Å²) in [5, 5.41) is 7.32. The molecule has 0 unspecified atom stereocenters. The Morgan fingerprint density at radius 1 is 1.10 bits per heavy atom. The predicted octanol–water partition coefficient (Wildman–Crippen LogP) is 4.88. The molecule has 0 atom stereocenters. The Kier molecular flexibility index (Phi) is 3.69. The van der Waals surface area contributed by atoms with Crippen molar-refractivity contribution in [3.05, 3.63) is 57.8 Å². The summed E-state index contributed by atoms with van der Waals surface area (Å²) >= 11 is 9.58. The van der Waals surface area contributed by atoms with Crippen LogP contribution in [0.15, 0.2) is 46.9 Å². The molecule has 0 radical (unpaired) electrons. The van der Waals surface area contributed by atoms with Crippen molar-refractivity contribution in [1.29, 1.82) is 0 Å². The van der Waals surface area contributed by atoms with E-state index in [1.54, 1.807) is 18.2 Å². The van der Waals surface area contributed by atoms with Crippen LogP contribution < -0.4 is 5.73 Å². The zero-order valence-corrected chi connectivity index (χ0v) is 13.0. The zero-order valence-electron chi connectivity index (χ0n) is 10.7. The van der Waals surface area contributed by atoms with Gasteiger partial charge in [-0.1, -0.05) is 35.9 Å². The first-order chi connectivity index (χ1) is 10.1. The Morgan fingerprint density at radius 2 is 1.86 bits per heavy atom. The van der Waals surface area contributed by atoms with Gasteiger partial charge in [-0.2, -0.15) is 5.10 Å². The molecule has 0 saturated heterocycles. The minimum atomic E-state index is -0.374. The maximum atomic E-state index is 14.2. The van der Waals surface area contributed by atoms with Crippen LogP contribution in [-0.4, -0.2) is 10.2 Å². The van der Waals surface area contributed by atoms with Crippen LogP contribution in [0.3, 0.4) is 0 Å². The van der Waals surface area contributed by atoms with Gasteiger partial charge >= 0.3 is 0 Å². The number of hydrogen-bond acceptors (Lipinski definition) is 2. The molecule has 2 aromatic carbocycles. The first-order valence-corrected chi connectivity index (χ1v) is 7.30. The number of anilines is 1. The number of hydrogen-bond donors (Lipinski definition) is 2. The van der Waals surface area contributed by atoms with E-state index in [9.17, 15) is 4.39 Å². The van der Waals surface area contributed by atoms with Crippen molar-refractivity contribution in [2.75, 3.05) is 5.73 Å². The van der Waals surface area contributed by atoms with E-state index < -0.39 is 0 Å². The predicted molar refractivity (Wildman–Crippen MR) is 86.5 cm³/mol. The van der Waals surface area contributed by atoms with E-state index in [1.807, 2.05) is 18.2 Å². The fraction of sp³-hybridized carbons (Fsp3) is 0. The molecule has 0 bridgehead atoms. The number of benzene rings is 2. The molecule has 0 spiro atoms. The second-order valence-corrected chi connectivity index (χ2v) is 5.70. The molecule has 1 heterocycles. The Labute approximate surface area is 134 Å². The number of rotatable bonds is 2. The number of halogens is 3. The molecule has 0 aliphatic rings. The second-order valence-electron chi connectivity index (χ2n) is 4.44. The van der Waals surface area contributed by atoms with E-state index in [0.29, 0.717) is 31.9 Å². The highest BCUT2D eigenvalue weighted by Crippen LogP contribution is 2.41. The summed E-state index contributed by atoms with van der Waals surface area (Å²) in [5.74, 6) is -0.102. The number of aromatic nitrogens is 2. The van der Waals surface area contributed by atoms with E-state index in [-0.39, 0.29) is 11.6 Å². The molecule has 0 aliphatic carbocycles. The molecule has 0 fully saturated rings. The lowest BCUT2D eigenvalue weighted by Crippen LogP contribution is -1.92. The van der Waals surface area contributed by atoms with Gasteiger partial charge in [0.1, 0.15) is 5.82 Å². The third-order valence-corrected chi connectivity index (χ3v) is 4.14. The van der Waals surface area contributed by atoms with Crippen molar-refractivity contribution in [2.24, 2.45) is 0 Å². The molecule has 3 nitrogen and oxygen atoms in total. The number of nitrogens with one attached hydrogen (secondary N) is 1. The van der Waals surface area contributed by atoms with Crippen LogP contribution in [0.1, 0.15) is 0 Å². The zero-order chi connectivity index (χ0) is 15.0. The summed E-state index contributed by atoms with van der Waals surface area (Å²) < 4.78 is 14.8. The summed E-state index contributed by atoms with van der Waals surface area (Å²) in [6, 6.07) is 12.0. The molecule has 6 heteroatoms. The summed E-state index contributed by atoms with van der Waals surface area (Å²) in [6.07, 6.45) is 0. The highest BCUT2D eigenvalue weighted by molar-refractivity contribution is 9.10. The third-order valence-electron chi connectivity index (χ3n) is 3.15. The maximum absolute atomic E-state index is 14.2. The lowest BCUT2D eigenvalue weighted by Gasteiger charge is -2.09. The van der Waals surface area contributed by atoms with E-state index >= 15 is 0 Å². The molecule has 3 aromatic rings. The highest BCUT2D eigenvalue weighted by Gasteiger charge is 2.20. The smallest absolute Gasteiger partial charge is 0.153 e. The van der Waals surface area contributed by atoms with Gasteiger partial charge in [-0.15, -0.1) is 0 Å². The molecule has 3 N–H and O–H groups in total. The van der Waals surface area contributed by atoms with Crippen molar-refractivity contribution in [2.45, 2.75) is 0 Å². The molecule has 0 amide bonds. The SMILES string of the molecule is Nc1n[nH]c(-c2c(F)cccc2Br)c1-c1ccccc1Cl. The topological polar surface area (TPSA) is 54.7 Å². The standard InChI is InChI=1S/C15H10BrClFN3/c16-9-5-3-7-11(18)13(9)14-12(15(19)21-20-14)8-4-1-2-6-10(8)17/h1-7H,(H3,19,20,21). The number of nitrogens with two attached hydrogens (primary N) is 1. The van der Waals surface area contributed by atoms with E-state index in [1.165, 1.54) is 6.07 Å². The lowest BCUT2D eigenvalue weighted by molar-refractivity contribution is 0.630. The van der Waals surface area contributed by atoms with Crippen LogP contribution in [0.25, 0.3) is 22.4 Å². The highest BCUT2D eigenvalue weighted by atomic mass is 79.9. The number of H-pyrrole nitrogens is 1. The molecule has 21 heavy (non-hydrogen) atoms. The van der Waals surface area contributed by atoms with E-state index in [0.717, 1.165) is 0 Å².